The van der Waals surface area contributed by atoms with Gasteiger partial charge in [0.15, 0.2) is 0 Å². The summed E-state index contributed by atoms with van der Waals surface area (Å²) >= 11 is 0. The molecule has 0 spiro atoms. The molecular weight excluding hydrogens is 174 g/mol. The van der Waals surface area contributed by atoms with Crippen LogP contribution in [0.25, 0.3) is 0 Å². The summed E-state index contributed by atoms with van der Waals surface area (Å²) in [5.41, 5.74) is 1.43. The standard InChI is InChI=1S/C12H15NO/c1-2-5-10(6-3-1)11-9-14-13-8-4-7-12(11)13/h1-3,5-6,11-12H,4,7-9H2/t11-,12?/m0/s1. The molecular formula is C12H15NO. The number of fused-ring (bicyclic) bond motifs is 1. The minimum Gasteiger partial charge on any atom is -0.298 e. The Morgan fingerprint density at radius 1 is 1.21 bits per heavy atom. The van der Waals surface area contributed by atoms with E-state index >= 15 is 0 Å². The van der Waals surface area contributed by atoms with E-state index in [1.54, 1.807) is 0 Å². The van der Waals surface area contributed by atoms with Crippen LogP contribution in [-0.2, 0) is 4.84 Å². The molecule has 0 radical (unpaired) electrons. The molecule has 2 aliphatic rings. The van der Waals surface area contributed by atoms with Gasteiger partial charge in [0, 0.05) is 18.5 Å². The molecule has 0 bridgehead atoms. The van der Waals surface area contributed by atoms with E-state index in [1.807, 2.05) is 0 Å². The monoisotopic (exact) mass is 189 g/mol. The fourth-order valence-electron chi connectivity index (χ4n) is 2.63. The third-order valence-corrected chi connectivity index (χ3v) is 3.36. The predicted octanol–water partition coefficient (Wildman–Crippen LogP) is 2.18. The highest BCUT2D eigenvalue weighted by molar-refractivity contribution is 5.22. The van der Waals surface area contributed by atoms with Gasteiger partial charge in [0.05, 0.1) is 6.61 Å². The molecule has 1 aromatic rings. The van der Waals surface area contributed by atoms with Crippen molar-refractivity contribution in [3.05, 3.63) is 35.9 Å². The van der Waals surface area contributed by atoms with Crippen molar-refractivity contribution in [3.63, 3.8) is 0 Å². The van der Waals surface area contributed by atoms with Gasteiger partial charge < -0.3 is 0 Å². The largest absolute Gasteiger partial charge is 0.298 e. The van der Waals surface area contributed by atoms with Crippen molar-refractivity contribution in [2.24, 2.45) is 0 Å². The molecule has 2 aliphatic heterocycles. The Morgan fingerprint density at radius 3 is 2.93 bits per heavy atom. The van der Waals surface area contributed by atoms with Crippen LogP contribution in [0.2, 0.25) is 0 Å². The molecule has 0 saturated carbocycles. The summed E-state index contributed by atoms with van der Waals surface area (Å²) in [6.07, 6.45) is 2.58. The summed E-state index contributed by atoms with van der Waals surface area (Å²) in [6.45, 7) is 1.99. The van der Waals surface area contributed by atoms with Crippen molar-refractivity contribution in [1.82, 2.24) is 5.06 Å². The molecule has 0 aromatic heterocycles. The van der Waals surface area contributed by atoms with Crippen molar-refractivity contribution in [2.75, 3.05) is 13.2 Å². The molecule has 0 amide bonds. The minimum atomic E-state index is 0.596. The Bertz CT molecular complexity index is 311. The van der Waals surface area contributed by atoms with Crippen LogP contribution < -0.4 is 0 Å². The first-order valence-corrected chi connectivity index (χ1v) is 5.39. The van der Waals surface area contributed by atoms with Crippen LogP contribution in [0.15, 0.2) is 30.3 Å². The van der Waals surface area contributed by atoms with Crippen molar-refractivity contribution in [2.45, 2.75) is 24.8 Å². The van der Waals surface area contributed by atoms with E-state index in [1.165, 1.54) is 18.4 Å². The molecule has 2 heteroatoms. The first-order valence-electron chi connectivity index (χ1n) is 5.39. The molecule has 74 valence electrons. The van der Waals surface area contributed by atoms with Crippen LogP contribution in [0.3, 0.4) is 0 Å². The van der Waals surface area contributed by atoms with Gasteiger partial charge in [0.1, 0.15) is 0 Å². The maximum atomic E-state index is 5.68. The summed E-state index contributed by atoms with van der Waals surface area (Å²) in [5.74, 6) is 0.596. The van der Waals surface area contributed by atoms with Crippen LogP contribution in [0.5, 0.6) is 0 Å². The summed E-state index contributed by atoms with van der Waals surface area (Å²) in [5, 5.41) is 2.18. The summed E-state index contributed by atoms with van der Waals surface area (Å²) in [7, 11) is 0. The molecule has 0 aliphatic carbocycles. The molecule has 0 N–H and O–H groups in total. The van der Waals surface area contributed by atoms with Gasteiger partial charge in [-0.1, -0.05) is 30.3 Å². The second kappa shape index (κ2) is 3.37. The van der Waals surface area contributed by atoms with Crippen LogP contribution in [-0.4, -0.2) is 24.3 Å². The number of hydrogen-bond acceptors (Lipinski definition) is 2. The normalized spacial score (nSPS) is 32.0. The first kappa shape index (κ1) is 8.45. The molecule has 1 unspecified atom stereocenters. The Morgan fingerprint density at radius 2 is 2.07 bits per heavy atom. The first-order chi connectivity index (χ1) is 6.95. The Balaban J connectivity index is 1.86. The zero-order valence-corrected chi connectivity index (χ0v) is 8.23. The fraction of sp³-hybridized carbons (Fsp3) is 0.500. The van der Waals surface area contributed by atoms with Gasteiger partial charge >= 0.3 is 0 Å². The second-order valence-corrected chi connectivity index (χ2v) is 4.16. The minimum absolute atomic E-state index is 0.596. The summed E-state index contributed by atoms with van der Waals surface area (Å²) in [6, 6.07) is 11.4. The van der Waals surface area contributed by atoms with E-state index in [2.05, 4.69) is 35.4 Å². The van der Waals surface area contributed by atoms with E-state index in [0.29, 0.717) is 12.0 Å². The highest BCUT2D eigenvalue weighted by atomic mass is 16.7. The number of nitrogens with zero attached hydrogens (tertiary/aromatic N) is 1. The second-order valence-electron chi connectivity index (χ2n) is 4.16. The number of benzene rings is 1. The van der Waals surface area contributed by atoms with Crippen LogP contribution >= 0.6 is 0 Å². The van der Waals surface area contributed by atoms with Crippen molar-refractivity contribution < 1.29 is 4.84 Å². The van der Waals surface area contributed by atoms with Gasteiger partial charge in [-0.3, -0.25) is 4.84 Å². The number of hydrogen-bond donors (Lipinski definition) is 0. The highest BCUT2D eigenvalue weighted by Gasteiger charge is 2.39. The van der Waals surface area contributed by atoms with E-state index in [-0.39, 0.29) is 0 Å². The predicted molar refractivity (Wildman–Crippen MR) is 54.9 cm³/mol. The maximum absolute atomic E-state index is 5.68. The third kappa shape index (κ3) is 1.26. The van der Waals surface area contributed by atoms with Crippen molar-refractivity contribution in [1.29, 1.82) is 0 Å². The average molecular weight is 189 g/mol. The molecule has 2 saturated heterocycles. The Hall–Kier alpha value is -0.860. The van der Waals surface area contributed by atoms with Crippen molar-refractivity contribution in [3.8, 4) is 0 Å². The highest BCUT2D eigenvalue weighted by Crippen LogP contribution is 2.36. The lowest BCUT2D eigenvalue weighted by Gasteiger charge is -2.17. The number of hydroxylamine groups is 2. The molecule has 2 fully saturated rings. The van der Waals surface area contributed by atoms with Gasteiger partial charge in [-0.05, 0) is 18.4 Å². The van der Waals surface area contributed by atoms with Crippen LogP contribution in [0.1, 0.15) is 24.3 Å². The zero-order valence-electron chi connectivity index (χ0n) is 8.23. The quantitative estimate of drug-likeness (QED) is 0.671. The number of rotatable bonds is 1. The van der Waals surface area contributed by atoms with Crippen molar-refractivity contribution >= 4 is 0 Å². The average Bonchev–Trinajstić information content (AvgIpc) is 2.79. The van der Waals surface area contributed by atoms with Gasteiger partial charge in [0.25, 0.3) is 0 Å². The molecule has 2 heterocycles. The van der Waals surface area contributed by atoms with Crippen LogP contribution in [0, 0.1) is 0 Å². The summed E-state index contributed by atoms with van der Waals surface area (Å²) < 4.78 is 0. The zero-order chi connectivity index (χ0) is 9.38. The van der Waals surface area contributed by atoms with E-state index in [9.17, 15) is 0 Å². The van der Waals surface area contributed by atoms with Gasteiger partial charge in [-0.15, -0.1) is 0 Å². The fourth-order valence-corrected chi connectivity index (χ4v) is 2.63. The topological polar surface area (TPSA) is 12.5 Å². The SMILES string of the molecule is c1ccc([C@@H]2CON3CCCC23)cc1. The lowest BCUT2D eigenvalue weighted by atomic mass is 9.92. The maximum Gasteiger partial charge on any atom is 0.0769 e. The van der Waals surface area contributed by atoms with Gasteiger partial charge in [-0.2, -0.15) is 5.06 Å². The van der Waals surface area contributed by atoms with E-state index in [4.69, 9.17) is 4.84 Å². The molecule has 3 rings (SSSR count). The molecule has 2 nitrogen and oxygen atoms in total. The molecule has 2 atom stereocenters. The summed E-state index contributed by atoms with van der Waals surface area (Å²) in [4.78, 5) is 5.68. The van der Waals surface area contributed by atoms with Crippen LogP contribution in [0.4, 0.5) is 0 Å². The van der Waals surface area contributed by atoms with E-state index in [0.717, 1.165) is 13.2 Å². The Labute approximate surface area is 84.4 Å². The van der Waals surface area contributed by atoms with Gasteiger partial charge in [-0.25, -0.2) is 0 Å². The lowest BCUT2D eigenvalue weighted by molar-refractivity contribution is -0.113. The smallest absolute Gasteiger partial charge is 0.0769 e. The van der Waals surface area contributed by atoms with E-state index < -0.39 is 0 Å². The van der Waals surface area contributed by atoms with Gasteiger partial charge in [0.2, 0.25) is 0 Å². The lowest BCUT2D eigenvalue weighted by Crippen LogP contribution is -2.24. The Kier molecular flexibility index (Phi) is 2.03. The molecule has 1 aromatic carbocycles. The third-order valence-electron chi connectivity index (χ3n) is 3.36. The molecule has 14 heavy (non-hydrogen) atoms.